The van der Waals surface area contributed by atoms with Crippen molar-refractivity contribution in [2.45, 2.75) is 0 Å². The highest BCUT2D eigenvalue weighted by molar-refractivity contribution is 6.45. The number of hydrogen-bond acceptors (Lipinski definition) is 2. The van der Waals surface area contributed by atoms with Crippen LogP contribution in [0.1, 0.15) is 10.4 Å². The van der Waals surface area contributed by atoms with Crippen LogP contribution >= 0.6 is 0 Å². The van der Waals surface area contributed by atoms with Crippen molar-refractivity contribution in [2.75, 3.05) is 0 Å². The molecule has 11 heavy (non-hydrogen) atoms. The lowest BCUT2D eigenvalue weighted by Crippen LogP contribution is -2.13. The molecule has 0 heterocycles. The van der Waals surface area contributed by atoms with Gasteiger partial charge in [0.05, 0.1) is 5.56 Å². The molecule has 4 heteroatoms. The molecule has 1 aromatic rings. The zero-order valence-electron chi connectivity index (χ0n) is 5.82. The quantitative estimate of drug-likeness (QED) is 0.551. The van der Waals surface area contributed by atoms with E-state index in [0.29, 0.717) is 0 Å². The second kappa shape index (κ2) is 3.21. The van der Waals surface area contributed by atoms with Crippen LogP contribution in [-0.4, -0.2) is 23.6 Å². The highest BCUT2D eigenvalue weighted by atomic mass is 16.4. The van der Waals surface area contributed by atoms with Crippen LogP contribution in [0.5, 0.6) is 0 Å². The lowest BCUT2D eigenvalue weighted by Gasteiger charge is -1.94. The molecule has 0 atom stereocenters. The minimum absolute atomic E-state index is 0.0557. The second-order valence-corrected chi connectivity index (χ2v) is 2.16. The Balaban J connectivity index is 2.91. The predicted octanol–water partition coefficient (Wildman–Crippen LogP) is -0.646. The summed E-state index contributed by atoms with van der Waals surface area (Å²) in [6.45, 7) is 0. The second-order valence-electron chi connectivity index (χ2n) is 2.16. The first-order valence-corrected chi connectivity index (χ1v) is 3.17. The van der Waals surface area contributed by atoms with E-state index in [1.165, 1.54) is 12.1 Å². The maximum atomic E-state index is 10.3. The molecule has 1 aromatic carbocycles. The molecule has 0 aliphatic heterocycles. The number of benzene rings is 1. The Bertz CT molecular complexity index is 255. The fraction of sp³-hybridized carbons (Fsp3) is 0. The summed E-state index contributed by atoms with van der Waals surface area (Å²) in [4.78, 5) is 10.3. The molecule has 2 N–H and O–H groups in total. The number of hydrogen-bond donors (Lipinski definition) is 2. The van der Waals surface area contributed by atoms with Crippen LogP contribution in [0.15, 0.2) is 24.3 Å². The number of aromatic carboxylic acids is 1. The topological polar surface area (TPSA) is 57.5 Å². The van der Waals surface area contributed by atoms with Crippen LogP contribution in [0.4, 0.5) is 0 Å². The van der Waals surface area contributed by atoms with Gasteiger partial charge in [-0.3, -0.25) is 0 Å². The van der Waals surface area contributed by atoms with Gasteiger partial charge in [0.2, 0.25) is 0 Å². The van der Waals surface area contributed by atoms with Crippen molar-refractivity contribution < 1.29 is 14.9 Å². The summed E-state index contributed by atoms with van der Waals surface area (Å²) < 4.78 is 0. The normalized spacial score (nSPS) is 9.18. The van der Waals surface area contributed by atoms with Crippen molar-refractivity contribution in [3.8, 4) is 0 Å². The van der Waals surface area contributed by atoms with E-state index in [0.717, 1.165) is 5.46 Å². The Hall–Kier alpha value is -1.29. The molecule has 0 aliphatic carbocycles. The number of carboxylic acid groups (broad SMARTS) is 1. The summed E-state index contributed by atoms with van der Waals surface area (Å²) in [6, 6.07) is 6.11. The minimum atomic E-state index is -0.950. The molecule has 3 nitrogen and oxygen atoms in total. The van der Waals surface area contributed by atoms with Crippen LogP contribution in [0.2, 0.25) is 0 Å². The molecular formula is C7H7BO3. The van der Waals surface area contributed by atoms with Crippen LogP contribution in [0.25, 0.3) is 0 Å². The van der Waals surface area contributed by atoms with Crippen molar-refractivity contribution in [1.82, 2.24) is 0 Å². The van der Waals surface area contributed by atoms with E-state index in [-0.39, 0.29) is 13.0 Å². The standard InChI is InChI=1S/C7H7BO3/c9-7(10)5-1-3-6(8-11)4-2-5/h1-4,8,11H,(H,9,10). The SMILES string of the molecule is O=C(O)c1ccc(BO)cc1. The van der Waals surface area contributed by atoms with Gasteiger partial charge in [0.1, 0.15) is 0 Å². The molecule has 0 saturated carbocycles. The Morgan fingerprint density at radius 2 is 1.82 bits per heavy atom. The highest BCUT2D eigenvalue weighted by Crippen LogP contribution is 1.95. The van der Waals surface area contributed by atoms with Gasteiger partial charge in [-0.2, -0.15) is 0 Å². The van der Waals surface area contributed by atoms with E-state index in [1.807, 2.05) is 0 Å². The first-order valence-electron chi connectivity index (χ1n) is 3.17. The predicted molar refractivity (Wildman–Crippen MR) is 42.4 cm³/mol. The Kier molecular flexibility index (Phi) is 2.28. The van der Waals surface area contributed by atoms with Gasteiger partial charge in [0, 0.05) is 0 Å². The third-order valence-electron chi connectivity index (χ3n) is 1.38. The smallest absolute Gasteiger partial charge is 0.335 e. The lowest BCUT2D eigenvalue weighted by atomic mass is 9.88. The van der Waals surface area contributed by atoms with Crippen LogP contribution in [-0.2, 0) is 0 Å². The van der Waals surface area contributed by atoms with Crippen molar-refractivity contribution >= 4 is 18.9 Å². The average molecular weight is 150 g/mol. The monoisotopic (exact) mass is 150 g/mol. The third kappa shape index (κ3) is 1.81. The van der Waals surface area contributed by atoms with Crippen molar-refractivity contribution in [3.63, 3.8) is 0 Å². The number of carbonyl (C=O) groups is 1. The molecule has 0 amide bonds. The van der Waals surface area contributed by atoms with Gasteiger partial charge < -0.3 is 10.1 Å². The summed E-state index contributed by atoms with van der Waals surface area (Å²) >= 11 is 0. The van der Waals surface area contributed by atoms with Gasteiger partial charge in [-0.1, -0.05) is 17.6 Å². The van der Waals surface area contributed by atoms with Crippen molar-refractivity contribution in [1.29, 1.82) is 0 Å². The van der Waals surface area contributed by atoms with E-state index >= 15 is 0 Å². The zero-order chi connectivity index (χ0) is 8.27. The maximum Gasteiger partial charge on any atom is 0.335 e. The van der Waals surface area contributed by atoms with Crippen LogP contribution in [0, 0.1) is 0 Å². The number of rotatable bonds is 2. The molecule has 56 valence electrons. The molecular weight excluding hydrogens is 143 g/mol. The molecule has 0 bridgehead atoms. The first-order chi connectivity index (χ1) is 5.24. The Labute approximate surface area is 64.6 Å². The van der Waals surface area contributed by atoms with Gasteiger partial charge in [0.25, 0.3) is 0 Å². The zero-order valence-corrected chi connectivity index (χ0v) is 5.82. The Morgan fingerprint density at radius 1 is 1.27 bits per heavy atom. The molecule has 1 rings (SSSR count). The van der Waals surface area contributed by atoms with E-state index in [9.17, 15) is 4.79 Å². The van der Waals surface area contributed by atoms with Gasteiger partial charge in [-0.05, 0) is 12.1 Å². The van der Waals surface area contributed by atoms with Crippen molar-refractivity contribution in [2.24, 2.45) is 0 Å². The molecule has 0 radical (unpaired) electrons. The van der Waals surface area contributed by atoms with E-state index in [4.69, 9.17) is 10.1 Å². The Morgan fingerprint density at radius 3 is 2.18 bits per heavy atom. The minimum Gasteiger partial charge on any atom is -0.478 e. The molecule has 0 spiro atoms. The molecule has 0 aliphatic rings. The summed E-state index contributed by atoms with van der Waals surface area (Å²) in [5.74, 6) is -0.950. The van der Waals surface area contributed by atoms with Gasteiger partial charge in [-0.25, -0.2) is 4.79 Å². The number of carboxylic acids is 1. The van der Waals surface area contributed by atoms with Gasteiger partial charge in [0.15, 0.2) is 0 Å². The molecule has 0 aromatic heterocycles. The van der Waals surface area contributed by atoms with Crippen LogP contribution in [0.3, 0.4) is 0 Å². The largest absolute Gasteiger partial charge is 0.478 e. The lowest BCUT2D eigenvalue weighted by molar-refractivity contribution is 0.0697. The van der Waals surface area contributed by atoms with Crippen molar-refractivity contribution in [3.05, 3.63) is 29.8 Å². The molecule has 0 saturated heterocycles. The molecule has 0 unspecified atom stereocenters. The average Bonchev–Trinajstić information content (AvgIpc) is 2.05. The first kappa shape index (κ1) is 7.82. The summed E-state index contributed by atoms with van der Waals surface area (Å²) in [7, 11) is -0.0557. The van der Waals surface area contributed by atoms with E-state index < -0.39 is 5.97 Å². The van der Waals surface area contributed by atoms with E-state index in [2.05, 4.69) is 0 Å². The van der Waals surface area contributed by atoms with Gasteiger partial charge >= 0.3 is 13.5 Å². The highest BCUT2D eigenvalue weighted by Gasteiger charge is 2.00. The summed E-state index contributed by atoms with van der Waals surface area (Å²) in [6.07, 6.45) is 0. The fourth-order valence-electron chi connectivity index (χ4n) is 0.753. The maximum absolute atomic E-state index is 10.3. The molecule has 0 fully saturated rings. The van der Waals surface area contributed by atoms with E-state index in [1.54, 1.807) is 12.1 Å². The fourth-order valence-corrected chi connectivity index (χ4v) is 0.753. The van der Waals surface area contributed by atoms with Crippen LogP contribution < -0.4 is 5.46 Å². The summed E-state index contributed by atoms with van der Waals surface area (Å²) in [5, 5.41) is 17.1. The van der Waals surface area contributed by atoms with Gasteiger partial charge in [-0.15, -0.1) is 0 Å². The summed E-state index contributed by atoms with van der Waals surface area (Å²) in [5.41, 5.74) is 0.956. The third-order valence-corrected chi connectivity index (χ3v) is 1.38.